The quantitative estimate of drug-likeness (QED) is 0.736. The Hall–Kier alpha value is -1.76. The van der Waals surface area contributed by atoms with E-state index in [9.17, 15) is 5.11 Å². The second kappa shape index (κ2) is 3.77. The van der Waals surface area contributed by atoms with Crippen molar-refractivity contribution in [1.82, 2.24) is 30.0 Å². The fourth-order valence-corrected chi connectivity index (χ4v) is 1.22. The molecular formula is C8H12N6O. The molecule has 2 heterocycles. The Morgan fingerprint density at radius 2 is 2.13 bits per heavy atom. The summed E-state index contributed by atoms with van der Waals surface area (Å²) in [6.45, 7) is 2.16. The van der Waals surface area contributed by atoms with Crippen molar-refractivity contribution in [2.75, 3.05) is 0 Å². The zero-order valence-corrected chi connectivity index (χ0v) is 8.57. The van der Waals surface area contributed by atoms with Crippen LogP contribution >= 0.6 is 0 Å². The summed E-state index contributed by atoms with van der Waals surface area (Å²) in [4.78, 5) is 0. The van der Waals surface area contributed by atoms with Crippen molar-refractivity contribution >= 4 is 0 Å². The van der Waals surface area contributed by atoms with Gasteiger partial charge in [0.2, 0.25) is 0 Å². The van der Waals surface area contributed by atoms with Crippen LogP contribution in [0.2, 0.25) is 0 Å². The molecule has 0 aliphatic heterocycles. The Kier molecular flexibility index (Phi) is 2.46. The van der Waals surface area contributed by atoms with E-state index < -0.39 is 6.10 Å². The number of aryl methyl sites for hydroxylation is 1. The standard InChI is InChI=1S/C8H12N6O/c1-6(15)8-5-14(12-10-8)4-7-3-13(2)11-9-7/h3,5-6,15H,4H2,1-2H3. The number of nitrogens with zero attached hydrogens (tertiary/aromatic N) is 6. The monoisotopic (exact) mass is 208 g/mol. The molecule has 80 valence electrons. The van der Waals surface area contributed by atoms with Gasteiger partial charge < -0.3 is 5.11 Å². The Bertz CT molecular complexity index is 445. The molecule has 0 aliphatic rings. The minimum atomic E-state index is -0.597. The smallest absolute Gasteiger partial charge is 0.111 e. The van der Waals surface area contributed by atoms with Gasteiger partial charge in [-0.1, -0.05) is 10.4 Å². The van der Waals surface area contributed by atoms with Crippen molar-refractivity contribution in [3.63, 3.8) is 0 Å². The van der Waals surface area contributed by atoms with Gasteiger partial charge in [-0.15, -0.1) is 10.2 Å². The highest BCUT2D eigenvalue weighted by molar-refractivity contribution is 4.98. The molecule has 7 heteroatoms. The Morgan fingerprint density at radius 1 is 1.33 bits per heavy atom. The van der Waals surface area contributed by atoms with Crippen molar-refractivity contribution in [2.24, 2.45) is 7.05 Å². The molecule has 15 heavy (non-hydrogen) atoms. The van der Waals surface area contributed by atoms with Crippen LogP contribution in [-0.2, 0) is 13.6 Å². The minimum absolute atomic E-state index is 0.508. The zero-order chi connectivity index (χ0) is 10.8. The van der Waals surface area contributed by atoms with Gasteiger partial charge in [0.1, 0.15) is 11.4 Å². The van der Waals surface area contributed by atoms with Crippen LogP contribution in [0.25, 0.3) is 0 Å². The number of aromatic nitrogens is 6. The molecule has 0 aromatic carbocycles. The van der Waals surface area contributed by atoms with Gasteiger partial charge in [0.25, 0.3) is 0 Å². The minimum Gasteiger partial charge on any atom is -0.387 e. The molecule has 0 aliphatic carbocycles. The highest BCUT2D eigenvalue weighted by Gasteiger charge is 2.07. The van der Waals surface area contributed by atoms with Crippen LogP contribution in [-0.4, -0.2) is 35.1 Å². The normalized spacial score (nSPS) is 13.0. The second-order valence-electron chi connectivity index (χ2n) is 3.40. The Balaban J connectivity index is 2.11. The first kappa shape index (κ1) is 9.78. The predicted molar refractivity (Wildman–Crippen MR) is 50.8 cm³/mol. The molecule has 7 nitrogen and oxygen atoms in total. The summed E-state index contributed by atoms with van der Waals surface area (Å²) < 4.78 is 3.24. The topological polar surface area (TPSA) is 81.7 Å². The van der Waals surface area contributed by atoms with Crippen molar-refractivity contribution in [3.05, 3.63) is 23.8 Å². The van der Waals surface area contributed by atoms with E-state index in [2.05, 4.69) is 20.6 Å². The van der Waals surface area contributed by atoms with E-state index in [0.29, 0.717) is 12.2 Å². The third-order valence-electron chi connectivity index (χ3n) is 1.96. The van der Waals surface area contributed by atoms with E-state index in [1.54, 1.807) is 29.5 Å². The molecule has 2 rings (SSSR count). The third-order valence-corrected chi connectivity index (χ3v) is 1.96. The number of aliphatic hydroxyl groups is 1. The van der Waals surface area contributed by atoms with Gasteiger partial charge in [-0.25, -0.2) is 4.68 Å². The van der Waals surface area contributed by atoms with Crippen LogP contribution in [0.4, 0.5) is 0 Å². The number of hydrogen-bond acceptors (Lipinski definition) is 5. The first-order valence-electron chi connectivity index (χ1n) is 4.58. The highest BCUT2D eigenvalue weighted by Crippen LogP contribution is 2.07. The number of aliphatic hydroxyl groups excluding tert-OH is 1. The van der Waals surface area contributed by atoms with E-state index in [-0.39, 0.29) is 0 Å². The molecule has 0 saturated carbocycles. The van der Waals surface area contributed by atoms with E-state index in [1.807, 2.05) is 6.20 Å². The molecular weight excluding hydrogens is 196 g/mol. The molecule has 2 aromatic rings. The summed E-state index contributed by atoms with van der Waals surface area (Å²) in [7, 11) is 1.80. The summed E-state index contributed by atoms with van der Waals surface area (Å²) in [5.74, 6) is 0. The Labute approximate surface area is 86.3 Å². The molecule has 0 spiro atoms. The maximum Gasteiger partial charge on any atom is 0.111 e. The first-order valence-corrected chi connectivity index (χ1v) is 4.58. The summed E-state index contributed by atoms with van der Waals surface area (Å²) >= 11 is 0. The van der Waals surface area contributed by atoms with E-state index in [0.717, 1.165) is 5.69 Å². The molecule has 0 fully saturated rings. The average Bonchev–Trinajstić information content (AvgIpc) is 2.76. The number of hydrogen-bond donors (Lipinski definition) is 1. The Morgan fingerprint density at radius 3 is 2.67 bits per heavy atom. The summed E-state index contributed by atoms with van der Waals surface area (Å²) in [5, 5.41) is 24.7. The van der Waals surface area contributed by atoms with Crippen molar-refractivity contribution in [3.8, 4) is 0 Å². The van der Waals surface area contributed by atoms with Crippen LogP contribution in [0.1, 0.15) is 24.4 Å². The van der Waals surface area contributed by atoms with Crippen LogP contribution in [0.15, 0.2) is 12.4 Å². The predicted octanol–water partition coefficient (Wildman–Crippen LogP) is -0.492. The van der Waals surface area contributed by atoms with Gasteiger partial charge in [-0.3, -0.25) is 4.68 Å². The second-order valence-corrected chi connectivity index (χ2v) is 3.40. The van der Waals surface area contributed by atoms with Crippen LogP contribution in [0.3, 0.4) is 0 Å². The lowest BCUT2D eigenvalue weighted by Gasteiger charge is -1.95. The summed E-state index contributed by atoms with van der Waals surface area (Å²) in [6, 6.07) is 0. The summed E-state index contributed by atoms with van der Waals surface area (Å²) in [5.41, 5.74) is 1.36. The van der Waals surface area contributed by atoms with Crippen LogP contribution < -0.4 is 0 Å². The largest absolute Gasteiger partial charge is 0.387 e. The zero-order valence-electron chi connectivity index (χ0n) is 8.57. The highest BCUT2D eigenvalue weighted by atomic mass is 16.3. The fraction of sp³-hybridized carbons (Fsp3) is 0.500. The van der Waals surface area contributed by atoms with E-state index >= 15 is 0 Å². The lowest BCUT2D eigenvalue weighted by Crippen LogP contribution is -2.00. The molecule has 1 unspecified atom stereocenters. The van der Waals surface area contributed by atoms with Gasteiger partial charge in [-0.05, 0) is 6.92 Å². The molecule has 0 bridgehead atoms. The average molecular weight is 208 g/mol. The molecule has 2 aromatic heterocycles. The lowest BCUT2D eigenvalue weighted by molar-refractivity contribution is 0.194. The van der Waals surface area contributed by atoms with Crippen LogP contribution in [0.5, 0.6) is 0 Å². The van der Waals surface area contributed by atoms with Gasteiger partial charge in [0, 0.05) is 13.2 Å². The van der Waals surface area contributed by atoms with Crippen molar-refractivity contribution in [2.45, 2.75) is 19.6 Å². The molecule has 1 atom stereocenters. The van der Waals surface area contributed by atoms with Crippen molar-refractivity contribution < 1.29 is 5.11 Å². The summed E-state index contributed by atoms with van der Waals surface area (Å²) in [6.07, 6.45) is 2.91. The van der Waals surface area contributed by atoms with E-state index in [1.165, 1.54) is 0 Å². The van der Waals surface area contributed by atoms with Crippen molar-refractivity contribution in [1.29, 1.82) is 0 Å². The lowest BCUT2D eigenvalue weighted by atomic mass is 10.3. The molecule has 0 amide bonds. The maximum atomic E-state index is 9.26. The molecule has 0 radical (unpaired) electrons. The van der Waals surface area contributed by atoms with E-state index in [4.69, 9.17) is 0 Å². The van der Waals surface area contributed by atoms with Gasteiger partial charge in [-0.2, -0.15) is 0 Å². The first-order chi connectivity index (χ1) is 7.15. The maximum absolute atomic E-state index is 9.26. The van der Waals surface area contributed by atoms with Gasteiger partial charge >= 0.3 is 0 Å². The SMILES string of the molecule is CC(O)c1cn(Cc2cn(C)nn2)nn1. The van der Waals surface area contributed by atoms with Gasteiger partial charge in [0.05, 0.1) is 18.8 Å². The third kappa shape index (κ3) is 2.18. The fourth-order valence-electron chi connectivity index (χ4n) is 1.22. The number of rotatable bonds is 3. The van der Waals surface area contributed by atoms with Crippen LogP contribution in [0, 0.1) is 0 Å². The molecule has 1 N–H and O–H groups in total. The van der Waals surface area contributed by atoms with Gasteiger partial charge in [0.15, 0.2) is 0 Å². The molecule has 0 saturated heterocycles.